The zero-order valence-electron chi connectivity index (χ0n) is 10.1. The molecule has 0 saturated carbocycles. The first-order valence-electron chi connectivity index (χ1n) is 6.64. The van der Waals surface area contributed by atoms with E-state index in [-0.39, 0.29) is 0 Å². The molecule has 2 fully saturated rings. The Hall–Kier alpha value is -1.13. The Morgan fingerprint density at radius 2 is 2.28 bits per heavy atom. The van der Waals surface area contributed by atoms with Crippen molar-refractivity contribution in [2.24, 2.45) is 5.92 Å². The lowest BCUT2D eigenvalue weighted by Crippen LogP contribution is -2.24. The van der Waals surface area contributed by atoms with E-state index in [0.717, 1.165) is 12.1 Å². The monoisotopic (exact) mass is 260 g/mol. The number of rotatable bonds is 3. The Labute approximate surface area is 110 Å². The van der Waals surface area contributed by atoms with Crippen molar-refractivity contribution in [3.8, 4) is 0 Å². The van der Waals surface area contributed by atoms with Crippen molar-refractivity contribution >= 4 is 27.4 Å². The van der Waals surface area contributed by atoms with Gasteiger partial charge in [0.25, 0.3) is 0 Å². The molecule has 3 atom stereocenters. The van der Waals surface area contributed by atoms with Crippen LogP contribution in [0.1, 0.15) is 19.3 Å². The standard InChI is InChI=1S/C14H16N2OS/c1-2-4-12-11(3-1)14(18-16-12)15-8-9-7-10-5-6-13(9)17-10/h1-4,9-10,13,15H,5-8H2. The number of ether oxygens (including phenoxy) is 1. The molecule has 1 aromatic heterocycles. The van der Waals surface area contributed by atoms with E-state index in [2.05, 4.69) is 27.9 Å². The van der Waals surface area contributed by atoms with Crippen molar-refractivity contribution in [2.45, 2.75) is 31.5 Å². The Bertz CT molecular complexity index is 568. The Kier molecular flexibility index (Phi) is 2.52. The summed E-state index contributed by atoms with van der Waals surface area (Å²) in [7, 11) is 0. The van der Waals surface area contributed by atoms with E-state index in [0.29, 0.717) is 18.1 Å². The molecule has 2 saturated heterocycles. The Morgan fingerprint density at radius 3 is 3.11 bits per heavy atom. The fraction of sp³-hybridized carbons (Fsp3) is 0.500. The van der Waals surface area contributed by atoms with Gasteiger partial charge in [-0.1, -0.05) is 12.1 Å². The van der Waals surface area contributed by atoms with Crippen LogP contribution in [0.5, 0.6) is 0 Å². The molecular formula is C14H16N2OS. The van der Waals surface area contributed by atoms with Crippen LogP contribution in [0.4, 0.5) is 5.00 Å². The molecule has 2 bridgehead atoms. The van der Waals surface area contributed by atoms with Gasteiger partial charge in [-0.15, -0.1) is 0 Å². The van der Waals surface area contributed by atoms with Gasteiger partial charge in [-0.05, 0) is 42.9 Å². The summed E-state index contributed by atoms with van der Waals surface area (Å²) in [6.45, 7) is 1.02. The third kappa shape index (κ3) is 1.71. The molecule has 2 aromatic rings. The maximum absolute atomic E-state index is 5.89. The fourth-order valence-corrected chi connectivity index (χ4v) is 3.97. The van der Waals surface area contributed by atoms with Crippen LogP contribution >= 0.6 is 11.5 Å². The molecule has 0 aliphatic carbocycles. The first-order chi connectivity index (χ1) is 8.90. The van der Waals surface area contributed by atoms with Gasteiger partial charge in [0.2, 0.25) is 0 Å². The number of nitrogens with one attached hydrogen (secondary N) is 1. The topological polar surface area (TPSA) is 34.1 Å². The molecule has 1 N–H and O–H groups in total. The van der Waals surface area contributed by atoms with Crippen LogP contribution in [-0.4, -0.2) is 23.1 Å². The Balaban J connectivity index is 1.48. The van der Waals surface area contributed by atoms with Gasteiger partial charge >= 0.3 is 0 Å². The molecule has 2 aliphatic heterocycles. The van der Waals surface area contributed by atoms with Crippen molar-refractivity contribution in [1.82, 2.24) is 4.37 Å². The van der Waals surface area contributed by atoms with E-state index in [1.54, 1.807) is 11.5 Å². The zero-order valence-corrected chi connectivity index (χ0v) is 11.0. The maximum atomic E-state index is 5.89. The largest absolute Gasteiger partial charge is 0.375 e. The van der Waals surface area contributed by atoms with Crippen LogP contribution in [0.3, 0.4) is 0 Å². The van der Waals surface area contributed by atoms with Crippen molar-refractivity contribution < 1.29 is 4.74 Å². The fourth-order valence-electron chi connectivity index (χ4n) is 3.20. The van der Waals surface area contributed by atoms with Crippen LogP contribution in [-0.2, 0) is 4.74 Å². The predicted octanol–water partition coefficient (Wildman–Crippen LogP) is 3.28. The van der Waals surface area contributed by atoms with E-state index >= 15 is 0 Å². The Morgan fingerprint density at radius 1 is 1.33 bits per heavy atom. The molecule has 3 unspecified atom stereocenters. The first-order valence-corrected chi connectivity index (χ1v) is 7.41. The van der Waals surface area contributed by atoms with E-state index in [1.165, 1.54) is 29.6 Å². The second-order valence-electron chi connectivity index (χ2n) is 5.28. The van der Waals surface area contributed by atoms with Gasteiger partial charge in [0.05, 0.1) is 17.7 Å². The minimum Gasteiger partial charge on any atom is -0.375 e. The summed E-state index contributed by atoms with van der Waals surface area (Å²) in [4.78, 5) is 0. The van der Waals surface area contributed by atoms with E-state index < -0.39 is 0 Å². The molecule has 0 amide bonds. The maximum Gasteiger partial charge on any atom is 0.117 e. The summed E-state index contributed by atoms with van der Waals surface area (Å²) in [5, 5.41) is 6.01. The summed E-state index contributed by atoms with van der Waals surface area (Å²) >= 11 is 1.56. The molecule has 1 aromatic carbocycles. The van der Waals surface area contributed by atoms with Crippen LogP contribution in [0.15, 0.2) is 24.3 Å². The van der Waals surface area contributed by atoms with Crippen LogP contribution in [0, 0.1) is 5.92 Å². The smallest absolute Gasteiger partial charge is 0.117 e. The molecule has 3 heterocycles. The van der Waals surface area contributed by atoms with Gasteiger partial charge in [-0.25, -0.2) is 0 Å². The van der Waals surface area contributed by atoms with Gasteiger partial charge in [-0.3, -0.25) is 0 Å². The van der Waals surface area contributed by atoms with Crippen molar-refractivity contribution in [3.63, 3.8) is 0 Å². The molecule has 3 nitrogen and oxygen atoms in total. The second-order valence-corrected chi connectivity index (χ2v) is 6.05. The number of hydrogen-bond acceptors (Lipinski definition) is 4. The minimum atomic E-state index is 0.502. The van der Waals surface area contributed by atoms with Crippen LogP contribution in [0.25, 0.3) is 10.9 Å². The number of fused-ring (bicyclic) bond motifs is 3. The molecule has 4 heteroatoms. The molecule has 18 heavy (non-hydrogen) atoms. The third-order valence-electron chi connectivity index (χ3n) is 4.14. The summed E-state index contributed by atoms with van der Waals surface area (Å²) in [6, 6.07) is 8.31. The van der Waals surface area contributed by atoms with Crippen LogP contribution < -0.4 is 5.32 Å². The average molecular weight is 260 g/mol. The number of nitrogens with zero attached hydrogens (tertiary/aromatic N) is 1. The van der Waals surface area contributed by atoms with E-state index in [1.807, 2.05) is 6.07 Å². The quantitative estimate of drug-likeness (QED) is 0.919. The van der Waals surface area contributed by atoms with Crippen LogP contribution in [0.2, 0.25) is 0 Å². The highest BCUT2D eigenvalue weighted by Crippen LogP contribution is 2.39. The summed E-state index contributed by atoms with van der Waals surface area (Å²) < 4.78 is 10.3. The number of aromatic nitrogens is 1. The molecule has 0 radical (unpaired) electrons. The number of hydrogen-bond donors (Lipinski definition) is 1. The van der Waals surface area contributed by atoms with Gasteiger partial charge < -0.3 is 10.1 Å². The van der Waals surface area contributed by atoms with Gasteiger partial charge in [-0.2, -0.15) is 4.37 Å². The van der Waals surface area contributed by atoms with Crippen molar-refractivity contribution in [1.29, 1.82) is 0 Å². The predicted molar refractivity (Wildman–Crippen MR) is 74.1 cm³/mol. The minimum absolute atomic E-state index is 0.502. The third-order valence-corrected chi connectivity index (χ3v) is 4.98. The van der Waals surface area contributed by atoms with E-state index in [4.69, 9.17) is 4.74 Å². The number of benzene rings is 1. The molecule has 2 aliphatic rings. The SMILES string of the molecule is c1ccc2c(NCC3CC4CCC3O4)snc2c1. The average Bonchev–Trinajstić information content (AvgIpc) is 3.11. The van der Waals surface area contributed by atoms with Gasteiger partial charge in [0, 0.05) is 17.8 Å². The first kappa shape index (κ1) is 10.8. The highest BCUT2D eigenvalue weighted by molar-refractivity contribution is 7.11. The number of anilines is 1. The van der Waals surface area contributed by atoms with Crippen molar-refractivity contribution in [3.05, 3.63) is 24.3 Å². The van der Waals surface area contributed by atoms with E-state index in [9.17, 15) is 0 Å². The lowest BCUT2D eigenvalue weighted by molar-refractivity contribution is 0.0942. The summed E-state index contributed by atoms with van der Waals surface area (Å²) in [5.74, 6) is 0.685. The summed E-state index contributed by atoms with van der Waals surface area (Å²) in [6.07, 6.45) is 4.79. The van der Waals surface area contributed by atoms with Gasteiger partial charge in [0.1, 0.15) is 5.00 Å². The zero-order chi connectivity index (χ0) is 11.9. The second kappa shape index (κ2) is 4.21. The highest BCUT2D eigenvalue weighted by Gasteiger charge is 2.40. The lowest BCUT2D eigenvalue weighted by atomic mass is 9.89. The molecule has 94 valence electrons. The highest BCUT2D eigenvalue weighted by atomic mass is 32.1. The molecule has 4 rings (SSSR count). The lowest BCUT2D eigenvalue weighted by Gasteiger charge is -2.18. The molecule has 0 spiro atoms. The summed E-state index contributed by atoms with van der Waals surface area (Å²) in [5.41, 5.74) is 1.09. The van der Waals surface area contributed by atoms with Gasteiger partial charge in [0.15, 0.2) is 0 Å². The molecular weight excluding hydrogens is 244 g/mol. The normalized spacial score (nSPS) is 30.1. The van der Waals surface area contributed by atoms with Crippen molar-refractivity contribution in [2.75, 3.05) is 11.9 Å².